The van der Waals surface area contributed by atoms with Crippen LogP contribution in [0, 0.1) is 5.92 Å². The zero-order valence-corrected chi connectivity index (χ0v) is 19.9. The minimum atomic E-state index is -0.0859. The monoisotopic (exact) mass is 522 g/mol. The summed E-state index contributed by atoms with van der Waals surface area (Å²) in [4.78, 5) is 30.9. The molecule has 0 radical (unpaired) electrons. The Balaban J connectivity index is 0.00000392. The van der Waals surface area contributed by atoms with Crippen molar-refractivity contribution in [2.45, 2.75) is 45.2 Å². The molecular formula is C19H31IN4O3S. The predicted molar refractivity (Wildman–Crippen MR) is 123 cm³/mol. The number of carbonyl (C=O) groups is 2. The van der Waals surface area contributed by atoms with E-state index in [-0.39, 0.29) is 54.4 Å². The van der Waals surface area contributed by atoms with Crippen LogP contribution in [-0.2, 0) is 20.9 Å². The lowest BCUT2D eigenvalue weighted by molar-refractivity contribution is -0.149. The molecule has 1 aliphatic rings. The van der Waals surface area contributed by atoms with Crippen LogP contribution in [0.15, 0.2) is 22.5 Å². The summed E-state index contributed by atoms with van der Waals surface area (Å²) in [5.41, 5.74) is 0. The topological polar surface area (TPSA) is 83.0 Å². The van der Waals surface area contributed by atoms with Crippen molar-refractivity contribution in [2.24, 2.45) is 10.9 Å². The second kappa shape index (κ2) is 13.0. The smallest absolute Gasteiger partial charge is 0.308 e. The van der Waals surface area contributed by atoms with E-state index in [9.17, 15) is 9.59 Å². The lowest BCUT2D eigenvalue weighted by Gasteiger charge is -2.29. The average molecular weight is 522 g/mol. The number of ether oxygens (including phenoxy) is 1. The minimum Gasteiger partial charge on any atom is -0.466 e. The number of amides is 1. The summed E-state index contributed by atoms with van der Waals surface area (Å²) in [6.45, 7) is 3.03. The summed E-state index contributed by atoms with van der Waals surface area (Å²) in [5, 5.41) is 8.76. The third-order valence-corrected chi connectivity index (χ3v) is 5.45. The van der Waals surface area contributed by atoms with Crippen LogP contribution in [0.25, 0.3) is 0 Å². The highest BCUT2D eigenvalue weighted by atomic mass is 127. The Bertz CT molecular complexity index is 629. The molecule has 1 heterocycles. The number of hydrogen-bond acceptors (Lipinski definition) is 5. The van der Waals surface area contributed by atoms with E-state index >= 15 is 0 Å². The number of carbonyl (C=O) groups excluding carboxylic acids is 2. The van der Waals surface area contributed by atoms with E-state index in [1.165, 1.54) is 9.78 Å². The molecule has 1 aromatic rings. The van der Waals surface area contributed by atoms with Gasteiger partial charge in [-0.15, -0.1) is 35.3 Å². The van der Waals surface area contributed by atoms with Gasteiger partial charge < -0.3 is 20.3 Å². The lowest BCUT2D eigenvalue weighted by atomic mass is 9.86. The molecule has 2 rings (SSSR count). The Morgan fingerprint density at radius 2 is 2.00 bits per heavy atom. The standard InChI is InChI=1S/C19H30N4O3S.HI/c1-4-26-18(25)14-7-9-15(10-8-14)22-19(21-13-17(24)23(2)3)20-12-16-6-5-11-27-16;/h5-6,11,14-15H,4,7-10,12-13H2,1-3H3,(H2,20,21,22);1H. The molecule has 1 amide bonds. The highest BCUT2D eigenvalue weighted by molar-refractivity contribution is 14.0. The molecule has 1 aromatic heterocycles. The van der Waals surface area contributed by atoms with E-state index < -0.39 is 0 Å². The van der Waals surface area contributed by atoms with Gasteiger partial charge in [-0.1, -0.05) is 6.07 Å². The second-order valence-electron chi connectivity index (χ2n) is 6.83. The maximum Gasteiger partial charge on any atom is 0.308 e. The molecule has 1 aliphatic carbocycles. The molecule has 0 bridgehead atoms. The zero-order chi connectivity index (χ0) is 19.6. The van der Waals surface area contributed by atoms with Gasteiger partial charge in [0.2, 0.25) is 5.91 Å². The molecule has 1 fully saturated rings. The van der Waals surface area contributed by atoms with E-state index in [4.69, 9.17) is 4.74 Å². The number of likely N-dealkylation sites (N-methyl/N-ethyl adjacent to an activating group) is 1. The van der Waals surface area contributed by atoms with Gasteiger partial charge in [-0.3, -0.25) is 9.59 Å². The number of aliphatic imine (C=N–C) groups is 1. The number of esters is 1. The van der Waals surface area contributed by atoms with Crippen LogP contribution < -0.4 is 10.6 Å². The van der Waals surface area contributed by atoms with Crippen molar-refractivity contribution in [3.05, 3.63) is 22.4 Å². The molecule has 0 aliphatic heterocycles. The summed E-state index contributed by atoms with van der Waals surface area (Å²) in [6, 6.07) is 4.31. The minimum absolute atomic E-state index is 0. The fourth-order valence-electron chi connectivity index (χ4n) is 2.95. The first-order valence-electron chi connectivity index (χ1n) is 9.43. The van der Waals surface area contributed by atoms with Crippen molar-refractivity contribution in [3.63, 3.8) is 0 Å². The van der Waals surface area contributed by atoms with Gasteiger partial charge in [-0.05, 0) is 44.1 Å². The summed E-state index contributed by atoms with van der Waals surface area (Å²) in [7, 11) is 3.45. The second-order valence-corrected chi connectivity index (χ2v) is 7.86. The first-order chi connectivity index (χ1) is 13.0. The van der Waals surface area contributed by atoms with E-state index in [1.807, 2.05) is 18.4 Å². The number of guanidine groups is 1. The number of halogens is 1. The average Bonchev–Trinajstić information content (AvgIpc) is 3.18. The maximum absolute atomic E-state index is 11.9. The fourth-order valence-corrected chi connectivity index (χ4v) is 3.60. The molecule has 7 nitrogen and oxygen atoms in total. The summed E-state index contributed by atoms with van der Waals surface area (Å²) < 4.78 is 5.13. The molecule has 0 spiro atoms. The van der Waals surface area contributed by atoms with Crippen molar-refractivity contribution in [1.29, 1.82) is 0 Å². The lowest BCUT2D eigenvalue weighted by Crippen LogP contribution is -2.45. The van der Waals surface area contributed by atoms with Crippen LogP contribution in [0.5, 0.6) is 0 Å². The first kappa shape index (κ1) is 24.7. The van der Waals surface area contributed by atoms with Crippen molar-refractivity contribution in [1.82, 2.24) is 15.5 Å². The van der Waals surface area contributed by atoms with E-state index in [1.54, 1.807) is 25.4 Å². The summed E-state index contributed by atoms with van der Waals surface area (Å²) in [5.74, 6) is 0.506. The number of hydrogen-bond donors (Lipinski definition) is 2. The van der Waals surface area contributed by atoms with Crippen LogP contribution in [-0.4, -0.2) is 56.0 Å². The molecule has 28 heavy (non-hydrogen) atoms. The Labute approximate surface area is 188 Å². The number of nitrogens with one attached hydrogen (secondary N) is 2. The number of thiophene rings is 1. The Kier molecular flexibility index (Phi) is 11.4. The number of rotatable bonds is 7. The van der Waals surface area contributed by atoms with Crippen LogP contribution in [0.4, 0.5) is 0 Å². The molecule has 158 valence electrons. The van der Waals surface area contributed by atoms with E-state index in [0.717, 1.165) is 25.7 Å². The van der Waals surface area contributed by atoms with Crippen molar-refractivity contribution >= 4 is 53.1 Å². The molecule has 0 atom stereocenters. The molecule has 0 aromatic carbocycles. The molecule has 9 heteroatoms. The summed E-state index contributed by atoms with van der Waals surface area (Å²) >= 11 is 1.68. The van der Waals surface area contributed by atoms with Gasteiger partial charge in [0.15, 0.2) is 5.96 Å². The fraction of sp³-hybridized carbons (Fsp3) is 0.632. The van der Waals surface area contributed by atoms with E-state index in [2.05, 4.69) is 21.7 Å². The van der Waals surface area contributed by atoms with Crippen LogP contribution in [0.1, 0.15) is 37.5 Å². The van der Waals surface area contributed by atoms with Gasteiger partial charge in [0, 0.05) is 25.0 Å². The molecule has 0 unspecified atom stereocenters. The normalized spacial score (nSPS) is 19.3. The first-order valence-corrected chi connectivity index (χ1v) is 10.3. The van der Waals surface area contributed by atoms with Gasteiger partial charge in [0.1, 0.15) is 6.54 Å². The van der Waals surface area contributed by atoms with Crippen LogP contribution >= 0.6 is 35.3 Å². The van der Waals surface area contributed by atoms with Crippen molar-refractivity contribution in [2.75, 3.05) is 27.2 Å². The maximum atomic E-state index is 11.9. The van der Waals surface area contributed by atoms with Gasteiger partial charge >= 0.3 is 5.97 Å². The molecular weight excluding hydrogens is 491 g/mol. The SMILES string of the molecule is CCOC(=O)C1CCC(NC(=NCC(=O)N(C)C)NCc2cccs2)CC1.I. The Morgan fingerprint density at radius 1 is 1.29 bits per heavy atom. The molecule has 1 saturated carbocycles. The Morgan fingerprint density at radius 3 is 2.57 bits per heavy atom. The zero-order valence-electron chi connectivity index (χ0n) is 16.8. The van der Waals surface area contributed by atoms with Gasteiger partial charge in [-0.2, -0.15) is 0 Å². The Hall–Kier alpha value is -1.36. The van der Waals surface area contributed by atoms with Gasteiger partial charge in [0.25, 0.3) is 0 Å². The van der Waals surface area contributed by atoms with E-state index in [0.29, 0.717) is 19.1 Å². The third kappa shape index (κ3) is 8.34. The highest BCUT2D eigenvalue weighted by Gasteiger charge is 2.27. The number of nitrogens with zero attached hydrogens (tertiary/aromatic N) is 2. The highest BCUT2D eigenvalue weighted by Crippen LogP contribution is 2.25. The molecule has 2 N–H and O–H groups in total. The molecule has 0 saturated heterocycles. The quantitative estimate of drug-likeness (QED) is 0.249. The predicted octanol–water partition coefficient (Wildman–Crippen LogP) is 2.61. The van der Waals surface area contributed by atoms with Crippen molar-refractivity contribution in [3.8, 4) is 0 Å². The van der Waals surface area contributed by atoms with Crippen molar-refractivity contribution < 1.29 is 14.3 Å². The summed E-state index contributed by atoms with van der Waals surface area (Å²) in [6.07, 6.45) is 3.38. The van der Waals surface area contributed by atoms with Gasteiger partial charge in [-0.25, -0.2) is 4.99 Å². The van der Waals surface area contributed by atoms with Gasteiger partial charge in [0.05, 0.1) is 19.1 Å². The third-order valence-electron chi connectivity index (χ3n) is 4.57. The van der Waals surface area contributed by atoms with Crippen LogP contribution in [0.3, 0.4) is 0 Å². The van der Waals surface area contributed by atoms with Crippen LogP contribution in [0.2, 0.25) is 0 Å². The largest absolute Gasteiger partial charge is 0.466 e.